The Morgan fingerprint density at radius 1 is 1.41 bits per heavy atom. The fourth-order valence-electron chi connectivity index (χ4n) is 4.37. The summed E-state index contributed by atoms with van der Waals surface area (Å²) in [4.78, 5) is 24.7. The minimum absolute atomic E-state index is 0.0513. The van der Waals surface area contributed by atoms with Gasteiger partial charge in [0, 0.05) is 16.1 Å². The molecule has 4 nitrogen and oxygen atoms in total. The van der Waals surface area contributed by atoms with Crippen LogP contribution in [-0.4, -0.2) is 18.0 Å². The van der Waals surface area contributed by atoms with Crippen molar-refractivity contribution < 1.29 is 14.3 Å². The van der Waals surface area contributed by atoms with Crippen LogP contribution >= 0.6 is 27.5 Å². The maximum Gasteiger partial charge on any atom is 0.310 e. The zero-order valence-electron chi connectivity index (χ0n) is 11.9. The smallest absolute Gasteiger partial charge is 0.310 e. The second-order valence-electron chi connectivity index (χ2n) is 6.45. The summed E-state index contributed by atoms with van der Waals surface area (Å²) in [5, 5.41) is 3.55. The Morgan fingerprint density at radius 3 is 2.95 bits per heavy atom. The molecule has 1 aliphatic heterocycles. The predicted octanol–water partition coefficient (Wildman–Crippen LogP) is 3.55. The van der Waals surface area contributed by atoms with Gasteiger partial charge in [0.1, 0.15) is 6.10 Å². The average Bonchev–Trinajstić information content (AvgIpc) is 3.09. The van der Waals surface area contributed by atoms with Crippen LogP contribution in [0.2, 0.25) is 5.02 Å². The van der Waals surface area contributed by atoms with E-state index < -0.39 is 0 Å². The van der Waals surface area contributed by atoms with E-state index >= 15 is 0 Å². The molecule has 1 heterocycles. The van der Waals surface area contributed by atoms with Crippen LogP contribution in [0.25, 0.3) is 0 Å². The number of amides is 1. The third-order valence-corrected chi connectivity index (χ3v) is 6.76. The lowest BCUT2D eigenvalue weighted by molar-refractivity contribution is -0.145. The minimum Gasteiger partial charge on any atom is -0.462 e. The highest BCUT2D eigenvalue weighted by Gasteiger charge is 2.63. The van der Waals surface area contributed by atoms with Gasteiger partial charge in [0.2, 0.25) is 5.91 Å². The maximum absolute atomic E-state index is 12.7. The number of esters is 1. The largest absolute Gasteiger partial charge is 0.462 e. The first kappa shape index (κ1) is 14.5. The van der Waals surface area contributed by atoms with Crippen LogP contribution in [0.4, 0.5) is 5.69 Å². The van der Waals surface area contributed by atoms with Gasteiger partial charge in [0.25, 0.3) is 0 Å². The summed E-state index contributed by atoms with van der Waals surface area (Å²) in [7, 11) is 0. The molecule has 0 radical (unpaired) electrons. The van der Waals surface area contributed by atoms with Crippen LogP contribution in [0.5, 0.6) is 0 Å². The van der Waals surface area contributed by atoms with Crippen LogP contribution in [0.15, 0.2) is 16.6 Å². The quantitative estimate of drug-likeness (QED) is 0.793. The normalized spacial score (nSPS) is 34.9. The lowest BCUT2D eigenvalue weighted by atomic mass is 9.79. The number of hydrogen-bond donors (Lipinski definition) is 1. The highest BCUT2D eigenvalue weighted by Crippen LogP contribution is 2.57. The fourth-order valence-corrected chi connectivity index (χ4v) is 4.96. The molecule has 1 aromatic carbocycles. The van der Waals surface area contributed by atoms with E-state index in [1.807, 2.05) is 19.1 Å². The highest BCUT2D eigenvalue weighted by molar-refractivity contribution is 9.10. The van der Waals surface area contributed by atoms with E-state index in [2.05, 4.69) is 21.2 Å². The SMILES string of the molecule is Cc1c(NC(=O)[C@H]2[C@H]3C[C@@H]4[C@@H]2C(=O)O[C@@H]4C3)ccc(Br)c1Cl. The van der Waals surface area contributed by atoms with E-state index in [9.17, 15) is 9.59 Å². The minimum atomic E-state index is -0.266. The number of ether oxygens (including phenoxy) is 1. The van der Waals surface area contributed by atoms with Crippen molar-refractivity contribution in [1.82, 2.24) is 0 Å². The first-order chi connectivity index (χ1) is 10.5. The van der Waals surface area contributed by atoms with Gasteiger partial charge < -0.3 is 10.1 Å². The van der Waals surface area contributed by atoms with E-state index in [4.69, 9.17) is 16.3 Å². The molecule has 2 bridgehead atoms. The summed E-state index contributed by atoms with van der Waals surface area (Å²) >= 11 is 9.57. The first-order valence-corrected chi connectivity index (χ1v) is 8.60. The summed E-state index contributed by atoms with van der Waals surface area (Å²) in [6, 6.07) is 3.64. The van der Waals surface area contributed by atoms with Gasteiger partial charge in [-0.05, 0) is 59.3 Å². The molecule has 1 saturated heterocycles. The van der Waals surface area contributed by atoms with Crippen molar-refractivity contribution in [2.75, 3.05) is 5.32 Å². The Kier molecular flexibility index (Phi) is 3.28. The number of carbonyl (C=O) groups is 2. The van der Waals surface area contributed by atoms with Gasteiger partial charge in [-0.3, -0.25) is 9.59 Å². The van der Waals surface area contributed by atoms with Gasteiger partial charge in [-0.1, -0.05) is 11.6 Å². The lowest BCUT2D eigenvalue weighted by Gasteiger charge is -2.24. The summed E-state index contributed by atoms with van der Waals surface area (Å²) < 4.78 is 6.18. The maximum atomic E-state index is 12.7. The number of carbonyl (C=O) groups excluding carboxylic acids is 2. The number of halogens is 2. The molecule has 4 rings (SSSR count). The fraction of sp³-hybridized carbons (Fsp3) is 0.500. The van der Waals surface area contributed by atoms with Crippen molar-refractivity contribution in [3.63, 3.8) is 0 Å². The average molecular weight is 385 g/mol. The van der Waals surface area contributed by atoms with Gasteiger partial charge >= 0.3 is 5.97 Å². The van der Waals surface area contributed by atoms with E-state index in [1.54, 1.807) is 0 Å². The lowest BCUT2D eigenvalue weighted by Crippen LogP contribution is -2.36. The molecule has 5 atom stereocenters. The molecular weight excluding hydrogens is 370 g/mol. The topological polar surface area (TPSA) is 55.4 Å². The molecule has 116 valence electrons. The third kappa shape index (κ3) is 1.95. The first-order valence-electron chi connectivity index (χ1n) is 7.43. The number of rotatable bonds is 2. The van der Waals surface area contributed by atoms with Crippen LogP contribution in [-0.2, 0) is 14.3 Å². The summed E-state index contributed by atoms with van der Waals surface area (Å²) in [6.07, 6.45) is 1.81. The summed E-state index contributed by atoms with van der Waals surface area (Å²) in [5.74, 6) is -0.300. The number of nitrogens with one attached hydrogen (secondary N) is 1. The van der Waals surface area contributed by atoms with Gasteiger partial charge in [-0.25, -0.2) is 0 Å². The van der Waals surface area contributed by atoms with Gasteiger partial charge in [0.05, 0.1) is 16.9 Å². The van der Waals surface area contributed by atoms with Crippen LogP contribution in [0, 0.1) is 30.6 Å². The second kappa shape index (κ2) is 4.96. The zero-order chi connectivity index (χ0) is 15.6. The highest BCUT2D eigenvalue weighted by atomic mass is 79.9. The van der Waals surface area contributed by atoms with Gasteiger partial charge in [-0.2, -0.15) is 0 Å². The zero-order valence-corrected chi connectivity index (χ0v) is 14.3. The monoisotopic (exact) mass is 383 g/mol. The van der Waals surface area contributed by atoms with E-state index in [-0.39, 0.29) is 41.7 Å². The molecule has 3 fully saturated rings. The van der Waals surface area contributed by atoms with Gasteiger partial charge in [-0.15, -0.1) is 0 Å². The van der Waals surface area contributed by atoms with Crippen molar-refractivity contribution >= 4 is 45.1 Å². The van der Waals surface area contributed by atoms with Crippen LogP contribution in [0.1, 0.15) is 18.4 Å². The molecule has 2 aliphatic carbocycles. The molecule has 3 aliphatic rings. The standard InChI is InChI=1S/C16H15BrClNO3/c1-6-10(3-2-9(17)14(6)18)19-15(20)12-7-4-8-11(5-7)22-16(21)13(8)12/h2-3,7-8,11-13H,4-5H2,1H3,(H,19,20)/t7-,8-,11+,12-,13-/m0/s1. The summed E-state index contributed by atoms with van der Waals surface area (Å²) in [6.45, 7) is 1.86. The Hall–Kier alpha value is -1.07. The van der Waals surface area contributed by atoms with E-state index in [0.717, 1.165) is 22.9 Å². The predicted molar refractivity (Wildman–Crippen MR) is 85.6 cm³/mol. The van der Waals surface area contributed by atoms with Crippen molar-refractivity contribution in [3.8, 4) is 0 Å². The Bertz CT molecular complexity index is 690. The second-order valence-corrected chi connectivity index (χ2v) is 7.68. The third-order valence-electron chi connectivity index (χ3n) is 5.38. The van der Waals surface area contributed by atoms with E-state index in [1.165, 1.54) is 0 Å². The number of anilines is 1. The van der Waals surface area contributed by atoms with Crippen molar-refractivity contribution in [2.24, 2.45) is 23.7 Å². The van der Waals surface area contributed by atoms with Crippen LogP contribution in [0.3, 0.4) is 0 Å². The Balaban J connectivity index is 1.59. The number of fused-ring (bicyclic) bond motifs is 1. The molecule has 1 amide bonds. The molecule has 6 heteroatoms. The van der Waals surface area contributed by atoms with E-state index in [0.29, 0.717) is 10.7 Å². The Morgan fingerprint density at radius 2 is 2.18 bits per heavy atom. The van der Waals surface area contributed by atoms with Gasteiger partial charge in [0.15, 0.2) is 0 Å². The molecule has 0 aromatic heterocycles. The molecule has 1 N–H and O–H groups in total. The molecular formula is C16H15BrClNO3. The summed E-state index contributed by atoms with van der Waals surface area (Å²) in [5.41, 5.74) is 1.52. The molecule has 22 heavy (non-hydrogen) atoms. The molecule has 2 saturated carbocycles. The number of hydrogen-bond acceptors (Lipinski definition) is 3. The molecule has 0 unspecified atom stereocenters. The molecule has 0 spiro atoms. The van der Waals surface area contributed by atoms with Crippen LogP contribution < -0.4 is 5.32 Å². The van der Waals surface area contributed by atoms with Crippen molar-refractivity contribution in [3.05, 3.63) is 27.2 Å². The van der Waals surface area contributed by atoms with Crippen molar-refractivity contribution in [2.45, 2.75) is 25.9 Å². The Labute approximate surface area is 141 Å². The molecule has 1 aromatic rings. The van der Waals surface area contributed by atoms with Crippen molar-refractivity contribution in [1.29, 1.82) is 0 Å². The number of benzene rings is 1.